The fourth-order valence-corrected chi connectivity index (χ4v) is 7.78. The Balaban J connectivity index is 1.11. The average molecular weight is 604 g/mol. The summed E-state index contributed by atoms with van der Waals surface area (Å²) in [6.45, 7) is 4.66. The minimum atomic E-state index is -0.0714. The highest BCUT2D eigenvalue weighted by Crippen LogP contribution is 2.50. The molecule has 47 heavy (non-hydrogen) atoms. The van der Waals surface area contributed by atoms with Crippen LogP contribution >= 0.6 is 0 Å². The lowest BCUT2D eigenvalue weighted by Crippen LogP contribution is -2.14. The summed E-state index contributed by atoms with van der Waals surface area (Å²) in [5, 5.41) is 14.0. The van der Waals surface area contributed by atoms with Crippen LogP contribution in [0.1, 0.15) is 25.0 Å². The van der Waals surface area contributed by atoms with Crippen LogP contribution in [0, 0.1) is 0 Å². The number of benzene rings is 6. The van der Waals surface area contributed by atoms with E-state index in [1.807, 2.05) is 12.1 Å². The van der Waals surface area contributed by atoms with Crippen LogP contribution in [-0.4, -0.2) is 14.6 Å². The minimum absolute atomic E-state index is 0.0714. The third kappa shape index (κ3) is 3.70. The van der Waals surface area contributed by atoms with Crippen LogP contribution in [0.5, 0.6) is 0 Å². The third-order valence-electron chi connectivity index (χ3n) is 10.2. The fraction of sp³-hybridized carbons (Fsp3) is 0.0698. The van der Waals surface area contributed by atoms with Gasteiger partial charge in [-0.2, -0.15) is 0 Å². The van der Waals surface area contributed by atoms with E-state index in [1.165, 1.54) is 33.2 Å². The zero-order valence-corrected chi connectivity index (χ0v) is 26.0. The molecule has 0 saturated carbocycles. The van der Waals surface area contributed by atoms with Gasteiger partial charge in [-0.05, 0) is 50.9 Å². The maximum Gasteiger partial charge on any atom is 0.169 e. The molecular formula is C43H29N3O. The Kier molecular flexibility index (Phi) is 5.31. The van der Waals surface area contributed by atoms with Crippen molar-refractivity contribution >= 4 is 38.4 Å². The van der Waals surface area contributed by atoms with E-state index >= 15 is 0 Å². The van der Waals surface area contributed by atoms with E-state index in [4.69, 9.17) is 14.6 Å². The second-order valence-electron chi connectivity index (χ2n) is 13.1. The minimum Gasteiger partial charge on any atom is -0.455 e. The summed E-state index contributed by atoms with van der Waals surface area (Å²) in [6, 6.07) is 47.4. The molecule has 6 aromatic carbocycles. The normalized spacial score (nSPS) is 13.5. The Morgan fingerprint density at radius 2 is 1.17 bits per heavy atom. The van der Waals surface area contributed by atoms with Gasteiger partial charge in [-0.15, -0.1) is 10.2 Å². The third-order valence-corrected chi connectivity index (χ3v) is 10.2. The van der Waals surface area contributed by atoms with Gasteiger partial charge in [0.25, 0.3) is 0 Å². The summed E-state index contributed by atoms with van der Waals surface area (Å²) in [6.07, 6.45) is 2.22. The largest absolute Gasteiger partial charge is 0.455 e. The number of nitrogens with zero attached hydrogens (tertiary/aromatic N) is 3. The van der Waals surface area contributed by atoms with E-state index in [2.05, 4.69) is 146 Å². The lowest BCUT2D eigenvalue weighted by atomic mass is 9.81. The van der Waals surface area contributed by atoms with Gasteiger partial charge in [-0.1, -0.05) is 135 Å². The first-order valence-corrected chi connectivity index (χ1v) is 16.1. The Hall–Kier alpha value is -6.00. The number of rotatable bonds is 3. The Morgan fingerprint density at radius 3 is 2.04 bits per heavy atom. The molecule has 0 amide bonds. The van der Waals surface area contributed by atoms with Crippen molar-refractivity contribution in [1.29, 1.82) is 0 Å². The van der Waals surface area contributed by atoms with Gasteiger partial charge in [-0.25, -0.2) is 0 Å². The van der Waals surface area contributed by atoms with Crippen molar-refractivity contribution in [3.05, 3.63) is 151 Å². The van der Waals surface area contributed by atoms with Crippen molar-refractivity contribution in [1.82, 2.24) is 14.6 Å². The molecular weight excluding hydrogens is 574 g/mol. The first-order valence-electron chi connectivity index (χ1n) is 16.1. The molecule has 3 aromatic heterocycles. The number of hydrogen-bond donors (Lipinski definition) is 0. The molecule has 0 atom stereocenters. The van der Waals surface area contributed by atoms with Gasteiger partial charge >= 0.3 is 0 Å². The molecule has 0 aliphatic heterocycles. The highest BCUT2D eigenvalue weighted by molar-refractivity contribution is 6.09. The lowest BCUT2D eigenvalue weighted by Gasteiger charge is -2.22. The Morgan fingerprint density at radius 1 is 0.511 bits per heavy atom. The predicted octanol–water partition coefficient (Wildman–Crippen LogP) is 11.1. The van der Waals surface area contributed by atoms with Crippen LogP contribution in [0.15, 0.2) is 144 Å². The monoisotopic (exact) mass is 603 g/mol. The fourth-order valence-electron chi connectivity index (χ4n) is 7.78. The van der Waals surface area contributed by atoms with Crippen LogP contribution in [0.3, 0.4) is 0 Å². The zero-order valence-electron chi connectivity index (χ0n) is 26.0. The average Bonchev–Trinajstić information content (AvgIpc) is 3.79. The highest BCUT2D eigenvalue weighted by atomic mass is 16.3. The Labute approximate surface area is 271 Å². The first-order chi connectivity index (χ1) is 23.1. The van der Waals surface area contributed by atoms with Gasteiger partial charge in [0, 0.05) is 44.5 Å². The summed E-state index contributed by atoms with van der Waals surface area (Å²) in [5.74, 6) is 0.814. The molecule has 3 heterocycles. The highest BCUT2D eigenvalue weighted by Gasteiger charge is 2.35. The summed E-state index contributed by atoms with van der Waals surface area (Å²) >= 11 is 0. The van der Waals surface area contributed by atoms with Crippen molar-refractivity contribution in [2.45, 2.75) is 19.3 Å². The number of para-hydroxylation sites is 2. The summed E-state index contributed by atoms with van der Waals surface area (Å²) < 4.78 is 8.48. The number of aromatic nitrogens is 3. The van der Waals surface area contributed by atoms with E-state index in [9.17, 15) is 0 Å². The van der Waals surface area contributed by atoms with Gasteiger partial charge in [0.2, 0.25) is 0 Å². The van der Waals surface area contributed by atoms with Crippen LogP contribution in [-0.2, 0) is 5.41 Å². The molecule has 0 fully saturated rings. The molecule has 0 saturated heterocycles. The van der Waals surface area contributed by atoms with Crippen molar-refractivity contribution < 1.29 is 4.42 Å². The summed E-state index contributed by atoms with van der Waals surface area (Å²) in [5.41, 5.74) is 13.5. The molecule has 0 unspecified atom stereocenters. The second kappa shape index (κ2) is 9.51. The molecule has 222 valence electrons. The lowest BCUT2D eigenvalue weighted by molar-refractivity contribution is 0.660. The van der Waals surface area contributed by atoms with Crippen LogP contribution in [0.25, 0.3) is 83.1 Å². The number of pyridine rings is 1. The van der Waals surface area contributed by atoms with Gasteiger partial charge in [0.15, 0.2) is 11.5 Å². The van der Waals surface area contributed by atoms with Crippen molar-refractivity contribution in [3.8, 4) is 44.8 Å². The van der Waals surface area contributed by atoms with Crippen molar-refractivity contribution in [2.75, 3.05) is 0 Å². The van der Waals surface area contributed by atoms with E-state index in [0.29, 0.717) is 0 Å². The maximum absolute atomic E-state index is 6.33. The molecule has 1 aliphatic carbocycles. The molecule has 9 aromatic rings. The summed E-state index contributed by atoms with van der Waals surface area (Å²) in [7, 11) is 0. The second-order valence-corrected chi connectivity index (χ2v) is 13.1. The maximum atomic E-state index is 6.33. The molecule has 0 N–H and O–H groups in total. The van der Waals surface area contributed by atoms with E-state index in [1.54, 1.807) is 0 Å². The van der Waals surface area contributed by atoms with Gasteiger partial charge in [0.1, 0.15) is 11.2 Å². The predicted molar refractivity (Wildman–Crippen MR) is 192 cm³/mol. The van der Waals surface area contributed by atoms with E-state index in [0.717, 1.165) is 61.1 Å². The Bertz CT molecular complexity index is 2710. The van der Waals surface area contributed by atoms with Gasteiger partial charge in [-0.3, -0.25) is 4.40 Å². The van der Waals surface area contributed by atoms with Crippen LogP contribution in [0.4, 0.5) is 0 Å². The smallest absolute Gasteiger partial charge is 0.169 e. The van der Waals surface area contributed by atoms with Crippen molar-refractivity contribution in [3.63, 3.8) is 0 Å². The zero-order chi connectivity index (χ0) is 31.3. The molecule has 0 bridgehead atoms. The van der Waals surface area contributed by atoms with Crippen LogP contribution in [0.2, 0.25) is 0 Å². The number of furan rings is 1. The quantitative estimate of drug-likeness (QED) is 0.202. The summed E-state index contributed by atoms with van der Waals surface area (Å²) in [4.78, 5) is 0. The van der Waals surface area contributed by atoms with Gasteiger partial charge < -0.3 is 4.42 Å². The van der Waals surface area contributed by atoms with E-state index in [-0.39, 0.29) is 5.41 Å². The molecule has 10 rings (SSSR count). The van der Waals surface area contributed by atoms with Crippen molar-refractivity contribution in [2.24, 2.45) is 0 Å². The SMILES string of the molecule is CC1(C)c2ccccc2-c2ccc(-c3cn4c(-c5ccc(-c6cccc7c6oc6ccccc67)cc5)nnc4c4ccccc34)cc21. The number of fused-ring (bicyclic) bond motifs is 9. The molecule has 0 spiro atoms. The molecule has 0 radical (unpaired) electrons. The van der Waals surface area contributed by atoms with Gasteiger partial charge in [0.05, 0.1) is 0 Å². The van der Waals surface area contributed by atoms with E-state index < -0.39 is 0 Å². The molecule has 4 nitrogen and oxygen atoms in total. The topological polar surface area (TPSA) is 43.3 Å². The molecule has 4 heteroatoms. The van der Waals surface area contributed by atoms with Crippen LogP contribution < -0.4 is 0 Å². The molecule has 1 aliphatic rings. The standard InChI is InChI=1S/C43H29N3O/c1-43(2)37-16-7-5-11-31(37)32-23-22-28(24-38(32)43)36-25-46-41(44-45-42(46)35-13-4-3-10-30(35)36)27-20-18-26(19-21-27)29-14-9-15-34-33-12-6-8-17-39(33)47-40(29)34/h3-25H,1-2H3. The number of hydrogen-bond acceptors (Lipinski definition) is 3. The first kappa shape index (κ1) is 26.2.